The average molecular weight is 289 g/mol. The molecule has 0 saturated carbocycles. The van der Waals surface area contributed by atoms with Gasteiger partial charge in [-0.05, 0) is 42.1 Å². The third kappa shape index (κ3) is 2.58. The molecule has 1 aromatic heterocycles. The minimum atomic E-state index is 0.642. The van der Waals surface area contributed by atoms with Gasteiger partial charge in [0.2, 0.25) is 0 Å². The van der Waals surface area contributed by atoms with Gasteiger partial charge in [-0.2, -0.15) is 0 Å². The van der Waals surface area contributed by atoms with Crippen LogP contribution in [0.3, 0.4) is 0 Å². The van der Waals surface area contributed by atoms with Crippen molar-refractivity contribution in [3.05, 3.63) is 22.5 Å². The Kier molecular flexibility index (Phi) is 4.01. The fraction of sp³-hybridized carbons (Fsp3) is 0.625. The van der Waals surface area contributed by atoms with Crippen LogP contribution in [0, 0.1) is 5.92 Å². The van der Waals surface area contributed by atoms with E-state index in [1.54, 1.807) is 11.2 Å². The zero-order chi connectivity index (χ0) is 14.1. The molecule has 20 heavy (non-hydrogen) atoms. The molecule has 2 heterocycles. The molecular weight excluding hydrogens is 266 g/mol. The number of hydrogen-bond donors (Lipinski definition) is 0. The summed E-state index contributed by atoms with van der Waals surface area (Å²) in [7, 11) is 2.16. The number of fused-ring (bicyclic) bond motifs is 2. The van der Waals surface area contributed by atoms with Gasteiger partial charge in [0, 0.05) is 24.9 Å². The van der Waals surface area contributed by atoms with Gasteiger partial charge in [-0.1, -0.05) is 13.8 Å². The first-order valence-corrected chi connectivity index (χ1v) is 8.55. The zero-order valence-corrected chi connectivity index (χ0v) is 13.5. The van der Waals surface area contributed by atoms with E-state index in [9.17, 15) is 0 Å². The van der Waals surface area contributed by atoms with Crippen molar-refractivity contribution in [2.75, 3.05) is 18.5 Å². The van der Waals surface area contributed by atoms with E-state index in [0.29, 0.717) is 5.92 Å². The lowest BCUT2D eigenvalue weighted by atomic mass is 9.92. The van der Waals surface area contributed by atoms with Crippen molar-refractivity contribution < 1.29 is 0 Å². The second-order valence-corrected chi connectivity index (χ2v) is 7.26. The van der Waals surface area contributed by atoms with E-state index in [1.165, 1.54) is 42.5 Å². The molecule has 0 bridgehead atoms. The number of rotatable bonds is 3. The van der Waals surface area contributed by atoms with E-state index in [1.807, 2.05) is 11.8 Å². The summed E-state index contributed by atoms with van der Waals surface area (Å²) in [6.07, 6.45) is 6.83. The Morgan fingerprint density at radius 1 is 1.25 bits per heavy atom. The van der Waals surface area contributed by atoms with Crippen LogP contribution in [0.25, 0.3) is 5.57 Å². The summed E-state index contributed by atoms with van der Waals surface area (Å²) in [6, 6.07) is 0. The monoisotopic (exact) mass is 289 g/mol. The largest absolute Gasteiger partial charge is 0.359 e. The second kappa shape index (κ2) is 5.76. The molecule has 0 atom stereocenters. The summed E-state index contributed by atoms with van der Waals surface area (Å²) < 4.78 is 0. The standard InChI is InChI=1S/C16H23N3S/c1-11(2)8-19(3)16-15-12-6-4-5-7-14(12)20-9-13(15)17-10-18-16/h10-11H,4-9H2,1-3H3. The van der Waals surface area contributed by atoms with Crippen LogP contribution in [0.4, 0.5) is 5.82 Å². The smallest absolute Gasteiger partial charge is 0.139 e. The lowest BCUT2D eigenvalue weighted by Crippen LogP contribution is -2.26. The summed E-state index contributed by atoms with van der Waals surface area (Å²) in [6.45, 7) is 5.55. The average Bonchev–Trinajstić information content (AvgIpc) is 2.45. The molecular formula is C16H23N3S. The van der Waals surface area contributed by atoms with Gasteiger partial charge >= 0.3 is 0 Å². The van der Waals surface area contributed by atoms with E-state index in [2.05, 4.69) is 35.8 Å². The minimum Gasteiger partial charge on any atom is -0.359 e. The highest BCUT2D eigenvalue weighted by Crippen LogP contribution is 2.46. The quantitative estimate of drug-likeness (QED) is 0.837. The number of nitrogens with zero attached hydrogens (tertiary/aromatic N) is 3. The molecule has 0 radical (unpaired) electrons. The van der Waals surface area contributed by atoms with Crippen molar-refractivity contribution in [1.82, 2.24) is 9.97 Å². The lowest BCUT2D eigenvalue weighted by Gasteiger charge is -2.30. The molecule has 1 aliphatic carbocycles. The number of anilines is 1. The lowest BCUT2D eigenvalue weighted by molar-refractivity contribution is 0.633. The Hall–Kier alpha value is -1.03. The molecule has 1 aromatic rings. The van der Waals surface area contributed by atoms with Crippen LogP contribution >= 0.6 is 11.8 Å². The van der Waals surface area contributed by atoms with Crippen LogP contribution in [0.2, 0.25) is 0 Å². The van der Waals surface area contributed by atoms with Crippen molar-refractivity contribution in [3.8, 4) is 0 Å². The maximum absolute atomic E-state index is 4.61. The minimum absolute atomic E-state index is 0.642. The molecule has 1 aliphatic heterocycles. The van der Waals surface area contributed by atoms with Crippen LogP contribution < -0.4 is 4.90 Å². The first-order valence-electron chi connectivity index (χ1n) is 7.57. The summed E-state index contributed by atoms with van der Waals surface area (Å²) in [5.41, 5.74) is 4.12. The highest BCUT2D eigenvalue weighted by atomic mass is 32.2. The van der Waals surface area contributed by atoms with E-state index in [4.69, 9.17) is 0 Å². The molecule has 0 fully saturated rings. The van der Waals surface area contributed by atoms with Crippen molar-refractivity contribution >= 4 is 23.2 Å². The normalized spacial score (nSPS) is 18.0. The van der Waals surface area contributed by atoms with Gasteiger partial charge < -0.3 is 4.90 Å². The number of thioether (sulfide) groups is 1. The Morgan fingerprint density at radius 2 is 2.05 bits per heavy atom. The molecule has 108 valence electrons. The SMILES string of the molecule is CC(C)CN(C)c1ncnc2c1C1=C(CCCC1)SC2. The molecule has 0 saturated heterocycles. The van der Waals surface area contributed by atoms with Gasteiger partial charge in [-0.25, -0.2) is 9.97 Å². The van der Waals surface area contributed by atoms with Crippen LogP contribution in [-0.4, -0.2) is 23.6 Å². The molecule has 0 spiro atoms. The summed E-state index contributed by atoms with van der Waals surface area (Å²) in [4.78, 5) is 13.0. The zero-order valence-electron chi connectivity index (χ0n) is 12.6. The van der Waals surface area contributed by atoms with E-state index >= 15 is 0 Å². The van der Waals surface area contributed by atoms with Crippen LogP contribution in [0.1, 0.15) is 50.8 Å². The van der Waals surface area contributed by atoms with Gasteiger partial charge in [-0.3, -0.25) is 0 Å². The molecule has 0 N–H and O–H groups in total. The third-order valence-electron chi connectivity index (χ3n) is 4.01. The third-order valence-corrected chi connectivity index (χ3v) is 5.23. The number of aromatic nitrogens is 2. The predicted molar refractivity (Wildman–Crippen MR) is 86.8 cm³/mol. The first-order chi connectivity index (χ1) is 9.66. The predicted octanol–water partition coefficient (Wildman–Crippen LogP) is 4.10. The maximum atomic E-state index is 4.61. The Bertz CT molecular complexity index is 537. The Morgan fingerprint density at radius 3 is 2.85 bits per heavy atom. The van der Waals surface area contributed by atoms with Crippen LogP contribution in [0.5, 0.6) is 0 Å². The van der Waals surface area contributed by atoms with Crippen LogP contribution in [-0.2, 0) is 5.75 Å². The van der Waals surface area contributed by atoms with Crippen molar-refractivity contribution in [2.45, 2.75) is 45.3 Å². The topological polar surface area (TPSA) is 29.0 Å². The van der Waals surface area contributed by atoms with Crippen molar-refractivity contribution in [2.24, 2.45) is 5.92 Å². The summed E-state index contributed by atoms with van der Waals surface area (Å²) in [5, 5.41) is 0. The van der Waals surface area contributed by atoms with Crippen molar-refractivity contribution in [3.63, 3.8) is 0 Å². The van der Waals surface area contributed by atoms with Gasteiger partial charge in [0.05, 0.1) is 5.69 Å². The van der Waals surface area contributed by atoms with E-state index in [0.717, 1.165) is 18.1 Å². The fourth-order valence-electron chi connectivity index (χ4n) is 3.21. The number of hydrogen-bond acceptors (Lipinski definition) is 4. The Labute approximate surface area is 125 Å². The number of allylic oxidation sites excluding steroid dienone is 2. The summed E-state index contributed by atoms with van der Waals surface area (Å²) >= 11 is 1.99. The molecule has 3 rings (SSSR count). The Balaban J connectivity index is 2.04. The highest BCUT2D eigenvalue weighted by molar-refractivity contribution is 8.02. The molecule has 4 heteroatoms. The van der Waals surface area contributed by atoms with Gasteiger partial charge in [0.15, 0.2) is 0 Å². The first kappa shape index (κ1) is 13.9. The van der Waals surface area contributed by atoms with Gasteiger partial charge in [-0.15, -0.1) is 11.8 Å². The van der Waals surface area contributed by atoms with Crippen LogP contribution in [0.15, 0.2) is 11.2 Å². The molecule has 3 nitrogen and oxygen atoms in total. The van der Waals surface area contributed by atoms with Gasteiger partial charge in [0.25, 0.3) is 0 Å². The van der Waals surface area contributed by atoms with Crippen molar-refractivity contribution in [1.29, 1.82) is 0 Å². The van der Waals surface area contributed by atoms with E-state index in [-0.39, 0.29) is 0 Å². The molecule has 0 aromatic carbocycles. The molecule has 0 amide bonds. The maximum Gasteiger partial charge on any atom is 0.139 e. The highest BCUT2D eigenvalue weighted by Gasteiger charge is 2.27. The van der Waals surface area contributed by atoms with E-state index < -0.39 is 0 Å². The second-order valence-electron chi connectivity index (χ2n) is 6.19. The molecule has 0 unspecified atom stereocenters. The van der Waals surface area contributed by atoms with Gasteiger partial charge in [0.1, 0.15) is 12.1 Å². The fourth-order valence-corrected chi connectivity index (χ4v) is 4.41. The summed E-state index contributed by atoms with van der Waals surface area (Å²) in [5.74, 6) is 2.79. The molecule has 2 aliphatic rings.